The largest absolute Gasteiger partial charge is 0.480 e. The van der Waals surface area contributed by atoms with Gasteiger partial charge in [-0.05, 0) is 36.8 Å². The number of hydrazone groups is 1. The molecule has 23 heavy (non-hydrogen) atoms. The Morgan fingerprint density at radius 1 is 1.39 bits per heavy atom. The molecule has 0 aliphatic rings. The number of hydrogen-bond acceptors (Lipinski definition) is 3. The monoisotopic (exact) mass is 326 g/mol. The highest BCUT2D eigenvalue weighted by molar-refractivity contribution is 6.30. The molecule has 4 nitrogen and oxygen atoms in total. The smallest absolute Gasteiger partial charge is 0.271 e. The Balaban J connectivity index is 2.11. The van der Waals surface area contributed by atoms with Crippen LogP contribution in [0.3, 0.4) is 0 Å². The maximum Gasteiger partial charge on any atom is 0.271 e. The Morgan fingerprint density at radius 2 is 2.17 bits per heavy atom. The Bertz CT molecular complexity index is 779. The molecule has 1 amide bonds. The van der Waals surface area contributed by atoms with Crippen molar-refractivity contribution >= 4 is 23.7 Å². The molecule has 0 spiro atoms. The number of amides is 1. The zero-order valence-electron chi connectivity index (χ0n) is 12.5. The van der Waals surface area contributed by atoms with Crippen LogP contribution >= 0.6 is 11.6 Å². The van der Waals surface area contributed by atoms with Gasteiger partial charge in [-0.3, -0.25) is 4.79 Å². The number of benzene rings is 2. The molecule has 0 unspecified atom stereocenters. The first-order valence-electron chi connectivity index (χ1n) is 6.86. The summed E-state index contributed by atoms with van der Waals surface area (Å²) >= 11 is 5.96. The fourth-order valence-corrected chi connectivity index (χ4v) is 2.10. The van der Waals surface area contributed by atoms with E-state index in [1.54, 1.807) is 30.3 Å². The Morgan fingerprint density at radius 3 is 2.91 bits per heavy atom. The molecule has 5 heteroatoms. The van der Waals surface area contributed by atoms with Crippen LogP contribution in [0.4, 0.5) is 0 Å². The maximum absolute atomic E-state index is 12.1. The third-order valence-corrected chi connectivity index (χ3v) is 3.28. The van der Waals surface area contributed by atoms with Crippen LogP contribution in [0.5, 0.6) is 5.75 Å². The Labute approximate surface area is 140 Å². The van der Waals surface area contributed by atoms with E-state index in [4.69, 9.17) is 22.8 Å². The maximum atomic E-state index is 12.1. The van der Waals surface area contributed by atoms with Crippen molar-refractivity contribution in [2.24, 2.45) is 5.10 Å². The summed E-state index contributed by atoms with van der Waals surface area (Å²) in [6, 6.07) is 12.3. The van der Waals surface area contributed by atoms with E-state index in [1.807, 2.05) is 19.1 Å². The lowest BCUT2D eigenvalue weighted by atomic mass is 10.1. The minimum absolute atomic E-state index is 0.137. The van der Waals surface area contributed by atoms with Crippen molar-refractivity contribution in [1.82, 2.24) is 5.43 Å². The highest BCUT2D eigenvalue weighted by Gasteiger charge is 2.07. The van der Waals surface area contributed by atoms with Crippen molar-refractivity contribution in [1.29, 1.82) is 0 Å². The van der Waals surface area contributed by atoms with Gasteiger partial charge in [0.15, 0.2) is 0 Å². The van der Waals surface area contributed by atoms with Gasteiger partial charge in [0, 0.05) is 16.1 Å². The van der Waals surface area contributed by atoms with Crippen molar-refractivity contribution in [3.05, 3.63) is 64.2 Å². The van der Waals surface area contributed by atoms with Gasteiger partial charge >= 0.3 is 0 Å². The summed E-state index contributed by atoms with van der Waals surface area (Å²) in [4.78, 5) is 12.1. The third-order valence-electron chi connectivity index (χ3n) is 3.04. The van der Waals surface area contributed by atoms with Crippen molar-refractivity contribution in [2.45, 2.75) is 6.92 Å². The Kier molecular flexibility index (Phi) is 5.79. The number of ether oxygens (including phenoxy) is 1. The number of aryl methyl sites for hydroxylation is 1. The van der Waals surface area contributed by atoms with E-state index in [2.05, 4.69) is 16.4 Å². The summed E-state index contributed by atoms with van der Waals surface area (Å²) in [5.74, 6) is 2.65. The normalized spacial score (nSPS) is 10.3. The average molecular weight is 327 g/mol. The lowest BCUT2D eigenvalue weighted by Crippen LogP contribution is -2.18. The molecular weight excluding hydrogens is 312 g/mol. The molecule has 0 aliphatic carbocycles. The zero-order valence-corrected chi connectivity index (χ0v) is 13.3. The molecule has 0 heterocycles. The number of carbonyl (C=O) groups is 1. The molecule has 1 N–H and O–H groups in total. The van der Waals surface area contributed by atoms with Gasteiger partial charge in [0.1, 0.15) is 12.4 Å². The molecule has 0 saturated heterocycles. The molecule has 0 aromatic heterocycles. The number of hydrogen-bond donors (Lipinski definition) is 1. The second kappa shape index (κ2) is 8.02. The van der Waals surface area contributed by atoms with E-state index < -0.39 is 0 Å². The number of nitrogens with zero attached hydrogens (tertiary/aromatic N) is 1. The van der Waals surface area contributed by atoms with Gasteiger partial charge in [-0.1, -0.05) is 35.7 Å². The van der Waals surface area contributed by atoms with E-state index in [0.717, 1.165) is 5.56 Å². The molecule has 0 radical (unpaired) electrons. The van der Waals surface area contributed by atoms with Crippen LogP contribution in [-0.4, -0.2) is 18.7 Å². The molecule has 2 aromatic rings. The first-order chi connectivity index (χ1) is 11.1. The fourth-order valence-electron chi connectivity index (χ4n) is 1.92. The highest BCUT2D eigenvalue weighted by atomic mass is 35.5. The minimum Gasteiger partial charge on any atom is -0.480 e. The zero-order chi connectivity index (χ0) is 16.7. The van der Waals surface area contributed by atoms with E-state index in [9.17, 15) is 4.79 Å². The number of terminal acetylenes is 1. The number of halogens is 1. The quantitative estimate of drug-likeness (QED) is 0.520. The van der Waals surface area contributed by atoms with Crippen LogP contribution in [-0.2, 0) is 0 Å². The number of rotatable bonds is 5. The van der Waals surface area contributed by atoms with Crippen LogP contribution in [0.15, 0.2) is 47.6 Å². The van der Waals surface area contributed by atoms with E-state index in [0.29, 0.717) is 21.9 Å². The Hall–Kier alpha value is -2.77. The molecule has 0 bridgehead atoms. The standard InChI is InChI=1S/C18H15ClN2O2/c1-3-10-23-17-9-8-15(19)11-14(17)12-20-21-18(22)16-7-5-4-6-13(16)2/h1,4-9,11-12H,10H2,2H3,(H,21,22)/b20-12-. The van der Waals surface area contributed by atoms with Crippen LogP contribution in [0, 0.1) is 19.3 Å². The molecule has 0 saturated carbocycles. The molecule has 0 aliphatic heterocycles. The summed E-state index contributed by atoms with van der Waals surface area (Å²) in [6.45, 7) is 2.00. The lowest BCUT2D eigenvalue weighted by molar-refractivity contribution is 0.0954. The highest BCUT2D eigenvalue weighted by Crippen LogP contribution is 2.21. The van der Waals surface area contributed by atoms with Crippen LogP contribution in [0.1, 0.15) is 21.5 Å². The van der Waals surface area contributed by atoms with Crippen molar-refractivity contribution in [2.75, 3.05) is 6.61 Å². The van der Waals surface area contributed by atoms with E-state index >= 15 is 0 Å². The topological polar surface area (TPSA) is 50.7 Å². The van der Waals surface area contributed by atoms with Crippen molar-refractivity contribution < 1.29 is 9.53 Å². The molecule has 2 aromatic carbocycles. The third kappa shape index (κ3) is 4.60. The van der Waals surface area contributed by atoms with Gasteiger partial charge in [0.25, 0.3) is 5.91 Å². The average Bonchev–Trinajstić information content (AvgIpc) is 2.54. The number of carbonyl (C=O) groups excluding carboxylic acids is 1. The minimum atomic E-state index is -0.285. The van der Waals surface area contributed by atoms with Crippen LogP contribution in [0.2, 0.25) is 5.02 Å². The SMILES string of the molecule is C#CCOc1ccc(Cl)cc1/C=N\NC(=O)c1ccccc1C. The molecule has 116 valence electrons. The summed E-state index contributed by atoms with van der Waals surface area (Å²) in [5, 5.41) is 4.49. The molecule has 0 fully saturated rings. The van der Waals surface area contributed by atoms with Gasteiger partial charge in [-0.25, -0.2) is 5.43 Å². The summed E-state index contributed by atoms with van der Waals surface area (Å²) in [5.41, 5.74) is 4.55. The predicted molar refractivity (Wildman–Crippen MR) is 92.0 cm³/mol. The van der Waals surface area contributed by atoms with Crippen LogP contribution in [0.25, 0.3) is 0 Å². The second-order valence-electron chi connectivity index (χ2n) is 4.69. The summed E-state index contributed by atoms with van der Waals surface area (Å²) < 4.78 is 5.40. The van der Waals surface area contributed by atoms with Gasteiger partial charge in [-0.15, -0.1) is 6.42 Å². The van der Waals surface area contributed by atoms with Gasteiger partial charge < -0.3 is 4.74 Å². The fraction of sp³-hybridized carbons (Fsp3) is 0.111. The molecular formula is C18H15ClN2O2. The molecule has 2 rings (SSSR count). The summed E-state index contributed by atoms with van der Waals surface area (Å²) in [7, 11) is 0. The summed E-state index contributed by atoms with van der Waals surface area (Å²) in [6.07, 6.45) is 6.65. The van der Waals surface area contributed by atoms with Gasteiger partial charge in [0.05, 0.1) is 6.21 Å². The van der Waals surface area contributed by atoms with Crippen LogP contribution < -0.4 is 10.2 Å². The van der Waals surface area contributed by atoms with E-state index in [1.165, 1.54) is 6.21 Å². The lowest BCUT2D eigenvalue weighted by Gasteiger charge is -2.07. The van der Waals surface area contributed by atoms with Gasteiger partial charge in [-0.2, -0.15) is 5.10 Å². The first kappa shape index (κ1) is 16.6. The number of nitrogens with one attached hydrogen (secondary N) is 1. The van der Waals surface area contributed by atoms with Crippen molar-refractivity contribution in [3.8, 4) is 18.1 Å². The van der Waals surface area contributed by atoms with E-state index in [-0.39, 0.29) is 12.5 Å². The first-order valence-corrected chi connectivity index (χ1v) is 7.24. The molecule has 0 atom stereocenters. The van der Waals surface area contributed by atoms with Crippen molar-refractivity contribution in [3.63, 3.8) is 0 Å². The predicted octanol–water partition coefficient (Wildman–Crippen LogP) is 3.42. The van der Waals surface area contributed by atoms with Gasteiger partial charge in [0.2, 0.25) is 0 Å². The second-order valence-corrected chi connectivity index (χ2v) is 5.13.